The molecule has 1 N–H and O–H groups in total. The molecule has 0 fully saturated rings. The lowest BCUT2D eigenvalue weighted by atomic mass is 10.7. The quantitative estimate of drug-likeness (QED) is 0.587. The van der Waals surface area contributed by atoms with E-state index in [0.29, 0.717) is 0 Å². The first-order valence-corrected chi connectivity index (χ1v) is 5.17. The molecule has 0 aromatic carbocycles. The fourth-order valence-electron chi connectivity index (χ4n) is 0.491. The van der Waals surface area contributed by atoms with Crippen molar-refractivity contribution < 1.29 is 17.9 Å². The molecule has 0 aromatic heterocycles. The molecule has 0 unspecified atom stereocenters. The van der Waals surface area contributed by atoms with E-state index < -0.39 is 16.2 Å². The number of ether oxygens (including phenoxy) is 1. The Morgan fingerprint density at radius 1 is 1.46 bits per heavy atom. The lowest BCUT2D eigenvalue weighted by molar-refractivity contribution is -0.141. The Morgan fingerprint density at radius 2 is 2.00 bits per heavy atom. The Balaban J connectivity index is 3.96. The zero-order chi connectivity index (χ0) is 10.5. The van der Waals surface area contributed by atoms with Crippen molar-refractivity contribution in [3.8, 4) is 0 Å². The molecule has 6 nitrogen and oxygen atoms in total. The molecule has 0 atom stereocenters. The van der Waals surface area contributed by atoms with Gasteiger partial charge in [-0.25, -0.2) is 0 Å². The number of hydrogen-bond donors (Lipinski definition) is 1. The van der Waals surface area contributed by atoms with E-state index in [1.54, 1.807) is 6.92 Å². The summed E-state index contributed by atoms with van der Waals surface area (Å²) >= 11 is 0. The second-order valence-corrected chi connectivity index (χ2v) is 4.38. The molecular formula is C6H14N2O4S. The van der Waals surface area contributed by atoms with Gasteiger partial charge >= 0.3 is 5.97 Å². The fourth-order valence-corrected chi connectivity index (χ4v) is 1.05. The SMILES string of the molecule is CCOC(=O)CNS(=O)(=O)N(C)C. The Bertz CT molecular complexity index is 260. The Kier molecular flexibility index (Phi) is 4.89. The highest BCUT2D eigenvalue weighted by Crippen LogP contribution is 1.87. The molecular weight excluding hydrogens is 196 g/mol. The van der Waals surface area contributed by atoms with Crippen LogP contribution in [0, 0.1) is 0 Å². The van der Waals surface area contributed by atoms with E-state index in [1.807, 2.05) is 0 Å². The van der Waals surface area contributed by atoms with Crippen molar-refractivity contribution >= 4 is 16.2 Å². The summed E-state index contributed by atoms with van der Waals surface area (Å²) in [4.78, 5) is 10.7. The van der Waals surface area contributed by atoms with E-state index >= 15 is 0 Å². The summed E-state index contributed by atoms with van der Waals surface area (Å²) < 4.78 is 29.7. The average molecular weight is 210 g/mol. The zero-order valence-corrected chi connectivity index (χ0v) is 8.72. The number of hydrogen-bond acceptors (Lipinski definition) is 4. The van der Waals surface area contributed by atoms with Crippen LogP contribution in [-0.2, 0) is 19.7 Å². The lowest BCUT2D eigenvalue weighted by Crippen LogP contribution is -2.38. The highest BCUT2D eigenvalue weighted by molar-refractivity contribution is 7.87. The van der Waals surface area contributed by atoms with Crippen LogP contribution in [-0.4, -0.2) is 45.9 Å². The minimum absolute atomic E-state index is 0.239. The van der Waals surface area contributed by atoms with Crippen molar-refractivity contribution in [1.82, 2.24) is 9.03 Å². The van der Waals surface area contributed by atoms with E-state index in [2.05, 4.69) is 9.46 Å². The first kappa shape index (κ1) is 12.3. The highest BCUT2D eigenvalue weighted by atomic mass is 32.2. The molecule has 0 amide bonds. The Hall–Kier alpha value is -0.660. The number of nitrogens with zero attached hydrogens (tertiary/aromatic N) is 1. The number of esters is 1. The van der Waals surface area contributed by atoms with Crippen LogP contribution in [0.2, 0.25) is 0 Å². The minimum atomic E-state index is -3.53. The second kappa shape index (κ2) is 5.15. The molecule has 0 aromatic rings. The number of carbonyl (C=O) groups excluding carboxylic acids is 1. The average Bonchev–Trinajstić information content (AvgIpc) is 2.01. The standard InChI is InChI=1S/C6H14N2O4S/c1-4-12-6(9)5-7-13(10,11)8(2)3/h7H,4-5H2,1-3H3. The van der Waals surface area contributed by atoms with Crippen molar-refractivity contribution in [3.05, 3.63) is 0 Å². The molecule has 0 aliphatic rings. The van der Waals surface area contributed by atoms with Gasteiger partial charge in [0.25, 0.3) is 10.2 Å². The van der Waals surface area contributed by atoms with Gasteiger partial charge in [0, 0.05) is 14.1 Å². The van der Waals surface area contributed by atoms with Gasteiger partial charge in [0.05, 0.1) is 6.61 Å². The molecule has 0 radical (unpaired) electrons. The van der Waals surface area contributed by atoms with Crippen LogP contribution in [0.25, 0.3) is 0 Å². The first-order chi connectivity index (χ1) is 5.90. The lowest BCUT2D eigenvalue weighted by Gasteiger charge is -2.11. The van der Waals surface area contributed by atoms with Crippen molar-refractivity contribution in [2.45, 2.75) is 6.92 Å². The smallest absolute Gasteiger partial charge is 0.321 e. The van der Waals surface area contributed by atoms with E-state index in [4.69, 9.17) is 0 Å². The summed E-state index contributed by atoms with van der Waals surface area (Å²) in [6, 6.07) is 0. The van der Waals surface area contributed by atoms with Crippen LogP contribution in [0.3, 0.4) is 0 Å². The van der Waals surface area contributed by atoms with Crippen LogP contribution >= 0.6 is 0 Å². The number of rotatable bonds is 5. The van der Waals surface area contributed by atoms with E-state index in [0.717, 1.165) is 4.31 Å². The number of nitrogens with one attached hydrogen (secondary N) is 1. The normalized spacial score (nSPS) is 11.7. The third-order valence-corrected chi connectivity index (χ3v) is 2.66. The molecule has 13 heavy (non-hydrogen) atoms. The molecule has 78 valence electrons. The van der Waals surface area contributed by atoms with E-state index in [-0.39, 0.29) is 13.2 Å². The second-order valence-electron chi connectivity index (χ2n) is 2.41. The van der Waals surface area contributed by atoms with E-state index in [9.17, 15) is 13.2 Å². The summed E-state index contributed by atoms with van der Waals surface area (Å²) in [7, 11) is -0.792. The summed E-state index contributed by atoms with van der Waals surface area (Å²) in [6.07, 6.45) is 0. The monoisotopic (exact) mass is 210 g/mol. The maximum Gasteiger partial charge on any atom is 0.321 e. The first-order valence-electron chi connectivity index (χ1n) is 3.73. The topological polar surface area (TPSA) is 75.7 Å². The number of carbonyl (C=O) groups is 1. The molecule has 0 heterocycles. The molecule has 0 aliphatic carbocycles. The molecule has 0 saturated heterocycles. The van der Waals surface area contributed by atoms with Gasteiger partial charge in [-0.3, -0.25) is 4.79 Å². The summed E-state index contributed by atoms with van der Waals surface area (Å²) in [5.41, 5.74) is 0. The Morgan fingerprint density at radius 3 is 2.38 bits per heavy atom. The third kappa shape index (κ3) is 4.81. The van der Waals surface area contributed by atoms with Gasteiger partial charge in [-0.2, -0.15) is 17.4 Å². The predicted octanol–water partition coefficient (Wildman–Crippen LogP) is -1.05. The van der Waals surface area contributed by atoms with Crippen LogP contribution in [0.5, 0.6) is 0 Å². The van der Waals surface area contributed by atoms with Gasteiger partial charge in [0.15, 0.2) is 0 Å². The molecule has 7 heteroatoms. The van der Waals surface area contributed by atoms with Crippen LogP contribution in [0.15, 0.2) is 0 Å². The van der Waals surface area contributed by atoms with Gasteiger partial charge in [-0.1, -0.05) is 0 Å². The maximum atomic E-state index is 11.0. The molecule has 0 rings (SSSR count). The maximum absolute atomic E-state index is 11.0. The highest BCUT2D eigenvalue weighted by Gasteiger charge is 2.14. The summed E-state index contributed by atoms with van der Waals surface area (Å²) in [6.45, 7) is 1.55. The van der Waals surface area contributed by atoms with Gasteiger partial charge in [-0.15, -0.1) is 0 Å². The van der Waals surface area contributed by atoms with Gasteiger partial charge < -0.3 is 4.74 Å². The third-order valence-electron chi connectivity index (χ3n) is 1.18. The van der Waals surface area contributed by atoms with Gasteiger partial charge in [-0.05, 0) is 6.92 Å². The molecule has 0 spiro atoms. The van der Waals surface area contributed by atoms with Crippen LogP contribution in [0.4, 0.5) is 0 Å². The van der Waals surface area contributed by atoms with Crippen molar-refractivity contribution in [1.29, 1.82) is 0 Å². The van der Waals surface area contributed by atoms with Crippen molar-refractivity contribution in [2.24, 2.45) is 0 Å². The molecule has 0 aliphatic heterocycles. The van der Waals surface area contributed by atoms with Crippen LogP contribution in [0.1, 0.15) is 6.92 Å². The van der Waals surface area contributed by atoms with Crippen LogP contribution < -0.4 is 4.72 Å². The minimum Gasteiger partial charge on any atom is -0.465 e. The van der Waals surface area contributed by atoms with Crippen molar-refractivity contribution in [3.63, 3.8) is 0 Å². The summed E-state index contributed by atoms with van der Waals surface area (Å²) in [5.74, 6) is -0.590. The summed E-state index contributed by atoms with van der Waals surface area (Å²) in [5, 5.41) is 0. The van der Waals surface area contributed by atoms with Crippen molar-refractivity contribution in [2.75, 3.05) is 27.2 Å². The molecule has 0 saturated carbocycles. The van der Waals surface area contributed by atoms with Gasteiger partial charge in [0.2, 0.25) is 0 Å². The fraction of sp³-hybridized carbons (Fsp3) is 0.833. The zero-order valence-electron chi connectivity index (χ0n) is 7.90. The van der Waals surface area contributed by atoms with Gasteiger partial charge in [0.1, 0.15) is 6.54 Å². The van der Waals surface area contributed by atoms with E-state index in [1.165, 1.54) is 14.1 Å². The largest absolute Gasteiger partial charge is 0.465 e. The molecule has 0 bridgehead atoms. The predicted molar refractivity (Wildman–Crippen MR) is 47.2 cm³/mol. The Labute approximate surface area is 78.0 Å².